The first kappa shape index (κ1) is 25.7. The van der Waals surface area contributed by atoms with Crippen LogP contribution in [0.4, 0.5) is 16.2 Å². The van der Waals surface area contributed by atoms with E-state index >= 15 is 0 Å². The van der Waals surface area contributed by atoms with Crippen LogP contribution in [-0.4, -0.2) is 43.5 Å². The van der Waals surface area contributed by atoms with Gasteiger partial charge in [0.1, 0.15) is 0 Å². The average Bonchev–Trinajstić information content (AvgIpc) is 3.13. The first-order chi connectivity index (χ1) is 14.3. The second-order valence-electron chi connectivity index (χ2n) is 7.32. The van der Waals surface area contributed by atoms with Crippen LogP contribution >= 0.6 is 0 Å². The molecule has 0 atom stereocenters. The van der Waals surface area contributed by atoms with Gasteiger partial charge in [-0.2, -0.15) is 13.5 Å². The molecule has 2 N–H and O–H groups in total. The SMILES string of the molecule is CCc1cc(CC)cc(NC(=O)NS(=O)(=O)N(c2cnn(C)c2)C2CCOCC2)c1.[H-].[Na+]. The Hall–Kier alpha value is -1.59. The number of urea groups is 1. The number of rotatable bonds is 7. The summed E-state index contributed by atoms with van der Waals surface area (Å²) < 4.78 is 36.6. The monoisotopic (exact) mass is 459 g/mol. The molecule has 2 amide bonds. The Morgan fingerprint density at radius 1 is 1.23 bits per heavy atom. The Morgan fingerprint density at radius 2 is 1.84 bits per heavy atom. The number of amides is 2. The first-order valence-electron chi connectivity index (χ1n) is 10.1. The molecule has 9 nitrogen and oxygen atoms in total. The summed E-state index contributed by atoms with van der Waals surface area (Å²) in [7, 11) is -2.44. The topological polar surface area (TPSA) is 106 Å². The molecule has 2 aromatic rings. The van der Waals surface area contributed by atoms with E-state index < -0.39 is 16.2 Å². The van der Waals surface area contributed by atoms with E-state index in [9.17, 15) is 13.2 Å². The van der Waals surface area contributed by atoms with Gasteiger partial charge in [-0.15, -0.1) is 0 Å². The molecular weight excluding hydrogens is 429 g/mol. The first-order valence-corrected chi connectivity index (χ1v) is 11.6. The van der Waals surface area contributed by atoms with Crippen molar-refractivity contribution in [1.29, 1.82) is 0 Å². The second kappa shape index (κ2) is 11.3. The van der Waals surface area contributed by atoms with Crippen molar-refractivity contribution in [3.8, 4) is 0 Å². The van der Waals surface area contributed by atoms with Gasteiger partial charge < -0.3 is 11.5 Å². The number of benzene rings is 1. The van der Waals surface area contributed by atoms with Crippen LogP contribution in [0.2, 0.25) is 0 Å². The van der Waals surface area contributed by atoms with E-state index in [1.807, 2.05) is 26.0 Å². The molecule has 0 saturated carbocycles. The number of anilines is 2. The molecule has 3 rings (SSSR count). The molecule has 1 aliphatic heterocycles. The van der Waals surface area contributed by atoms with Gasteiger partial charge in [0.2, 0.25) is 0 Å². The number of hydrogen-bond acceptors (Lipinski definition) is 5. The van der Waals surface area contributed by atoms with Crippen LogP contribution < -0.4 is 43.9 Å². The molecule has 1 saturated heterocycles. The summed E-state index contributed by atoms with van der Waals surface area (Å²) >= 11 is 0. The maximum atomic E-state index is 13.2. The van der Waals surface area contributed by atoms with E-state index in [1.165, 1.54) is 15.2 Å². The number of carbonyl (C=O) groups is 1. The number of ether oxygens (including phenoxy) is 1. The minimum absolute atomic E-state index is 0. The zero-order valence-corrected chi connectivity index (χ0v) is 21.4. The van der Waals surface area contributed by atoms with Crippen molar-refractivity contribution >= 4 is 27.6 Å². The van der Waals surface area contributed by atoms with Gasteiger partial charge >= 0.3 is 45.8 Å². The number of aryl methyl sites for hydroxylation is 3. The minimum Gasteiger partial charge on any atom is -1.00 e. The van der Waals surface area contributed by atoms with Crippen LogP contribution in [0.1, 0.15) is 39.2 Å². The summed E-state index contributed by atoms with van der Waals surface area (Å²) in [5.74, 6) is 0. The third-order valence-corrected chi connectivity index (χ3v) is 6.55. The molecule has 31 heavy (non-hydrogen) atoms. The molecule has 11 heteroatoms. The van der Waals surface area contributed by atoms with Crippen molar-refractivity contribution in [3.63, 3.8) is 0 Å². The quantitative estimate of drug-likeness (QED) is 0.554. The van der Waals surface area contributed by atoms with E-state index in [2.05, 4.69) is 21.2 Å². The molecule has 0 spiro atoms. The van der Waals surface area contributed by atoms with Crippen LogP contribution in [0, 0.1) is 0 Å². The molecule has 1 fully saturated rings. The Labute approximate surface area is 207 Å². The Kier molecular flexibility index (Phi) is 9.38. The summed E-state index contributed by atoms with van der Waals surface area (Å²) in [6.07, 6.45) is 5.81. The van der Waals surface area contributed by atoms with Crippen molar-refractivity contribution in [3.05, 3.63) is 41.7 Å². The van der Waals surface area contributed by atoms with Gasteiger partial charge in [-0.1, -0.05) is 19.9 Å². The van der Waals surface area contributed by atoms with Gasteiger partial charge in [-0.25, -0.2) is 13.8 Å². The standard InChI is InChI=1S/C20H29N5O4S.Na.H/c1-4-15-10-16(5-2)12-17(11-15)22-20(26)23-30(27,28)25(18-6-8-29-9-7-18)19-13-21-24(3)14-19;;/h10-14,18H,4-9H2,1-3H3,(H2,22,23,26);;/q;+1;-1. The Morgan fingerprint density at radius 3 is 2.35 bits per heavy atom. The van der Waals surface area contributed by atoms with E-state index in [4.69, 9.17) is 4.74 Å². The fraction of sp³-hybridized carbons (Fsp3) is 0.500. The van der Waals surface area contributed by atoms with Crippen LogP contribution in [-0.2, 0) is 34.8 Å². The summed E-state index contributed by atoms with van der Waals surface area (Å²) in [5.41, 5.74) is 3.13. The van der Waals surface area contributed by atoms with E-state index in [0.717, 1.165) is 24.0 Å². The number of nitrogens with one attached hydrogen (secondary N) is 2. The summed E-state index contributed by atoms with van der Waals surface area (Å²) in [6, 6.07) is 4.66. The summed E-state index contributed by atoms with van der Waals surface area (Å²) in [6.45, 7) is 4.99. The van der Waals surface area contributed by atoms with Crippen molar-refractivity contribution in [2.45, 2.75) is 45.6 Å². The summed E-state index contributed by atoms with van der Waals surface area (Å²) in [5, 5.41) is 6.74. The zero-order chi connectivity index (χ0) is 21.7. The van der Waals surface area contributed by atoms with E-state index in [0.29, 0.717) is 37.4 Å². The molecule has 0 radical (unpaired) electrons. The van der Waals surface area contributed by atoms with Crippen LogP contribution in [0.3, 0.4) is 0 Å². The molecule has 1 aromatic carbocycles. The maximum Gasteiger partial charge on any atom is 1.00 e. The number of aromatic nitrogens is 2. The van der Waals surface area contributed by atoms with Crippen molar-refractivity contribution < 1.29 is 48.9 Å². The third kappa shape index (κ3) is 6.69. The van der Waals surface area contributed by atoms with Crippen molar-refractivity contribution in [2.24, 2.45) is 7.05 Å². The van der Waals surface area contributed by atoms with Crippen LogP contribution in [0.5, 0.6) is 0 Å². The molecule has 166 valence electrons. The smallest absolute Gasteiger partial charge is 1.00 e. The molecule has 1 aliphatic rings. The predicted molar refractivity (Wildman–Crippen MR) is 117 cm³/mol. The van der Waals surface area contributed by atoms with Crippen molar-refractivity contribution in [1.82, 2.24) is 14.5 Å². The molecule has 0 unspecified atom stereocenters. The fourth-order valence-corrected chi connectivity index (χ4v) is 4.91. The predicted octanol–water partition coefficient (Wildman–Crippen LogP) is -0.287. The van der Waals surface area contributed by atoms with Gasteiger partial charge in [-0.3, -0.25) is 4.68 Å². The van der Waals surface area contributed by atoms with Gasteiger partial charge in [0.25, 0.3) is 0 Å². The Bertz CT molecular complexity index is 973. The van der Waals surface area contributed by atoms with Crippen molar-refractivity contribution in [2.75, 3.05) is 22.8 Å². The zero-order valence-electron chi connectivity index (χ0n) is 19.6. The maximum absolute atomic E-state index is 13.2. The minimum atomic E-state index is -4.15. The second-order valence-corrected chi connectivity index (χ2v) is 8.87. The Balaban J connectivity index is 0.00000256. The largest absolute Gasteiger partial charge is 1.00 e. The van der Waals surface area contributed by atoms with Gasteiger partial charge in [0.15, 0.2) is 0 Å². The third-order valence-electron chi connectivity index (χ3n) is 5.08. The fourth-order valence-electron chi connectivity index (χ4n) is 3.55. The molecule has 1 aromatic heterocycles. The normalized spacial score (nSPS) is 14.5. The van der Waals surface area contributed by atoms with Gasteiger partial charge in [0, 0.05) is 32.1 Å². The van der Waals surface area contributed by atoms with E-state index in [-0.39, 0.29) is 37.0 Å². The molecule has 2 heterocycles. The number of nitrogens with zero attached hydrogens (tertiary/aromatic N) is 3. The average molecular weight is 460 g/mol. The summed E-state index contributed by atoms with van der Waals surface area (Å²) in [4.78, 5) is 12.6. The van der Waals surface area contributed by atoms with Crippen LogP contribution in [0.15, 0.2) is 30.6 Å². The van der Waals surface area contributed by atoms with Gasteiger partial charge in [-0.05, 0) is 48.9 Å². The van der Waals surface area contributed by atoms with Gasteiger partial charge in [0.05, 0.1) is 17.9 Å². The number of hydrogen-bond donors (Lipinski definition) is 2. The van der Waals surface area contributed by atoms with E-state index in [1.54, 1.807) is 13.2 Å². The molecular formula is C20H30N5NaO4S. The molecule has 0 bridgehead atoms. The number of carbonyl (C=O) groups excluding carboxylic acids is 1. The van der Waals surface area contributed by atoms with Crippen LogP contribution in [0.25, 0.3) is 0 Å². The molecule has 0 aliphatic carbocycles.